The molecule has 0 spiro atoms. The predicted molar refractivity (Wildman–Crippen MR) is 72.6 cm³/mol. The van der Waals surface area contributed by atoms with Crippen LogP contribution in [0.4, 0.5) is 5.69 Å². The fraction of sp³-hybridized carbons (Fsp3) is 0.200. The van der Waals surface area contributed by atoms with Crippen LogP contribution in [0.5, 0.6) is 0 Å². The first-order chi connectivity index (χ1) is 7.70. The van der Waals surface area contributed by atoms with Crippen LogP contribution >= 0.6 is 39.5 Å². The van der Waals surface area contributed by atoms with Gasteiger partial charge in [0.15, 0.2) is 0 Å². The van der Waals surface area contributed by atoms with Gasteiger partial charge in [-0.05, 0) is 34.1 Å². The van der Waals surface area contributed by atoms with E-state index in [1.165, 1.54) is 7.11 Å². The van der Waals surface area contributed by atoms with Crippen molar-refractivity contribution in [1.82, 2.24) is 0 Å². The summed E-state index contributed by atoms with van der Waals surface area (Å²) in [6.07, 6.45) is 0. The highest BCUT2D eigenvalue weighted by atomic mass is 79.9. The number of hydrogen-bond donors (Lipinski definition) is 0. The number of halogens is 1. The molecule has 0 aliphatic carbocycles. The Labute approximate surface area is 110 Å². The molecule has 1 heterocycles. The number of carbonyl (C=O) groups excluding carboxylic acids is 1. The molecule has 0 unspecified atom stereocenters. The van der Waals surface area contributed by atoms with Crippen LogP contribution in [0.15, 0.2) is 27.7 Å². The fourth-order valence-corrected chi connectivity index (χ4v) is 2.80. The quantitative estimate of drug-likeness (QED) is 0.780. The van der Waals surface area contributed by atoms with Crippen molar-refractivity contribution in [2.75, 3.05) is 12.2 Å². The Hall–Kier alpha value is -0.460. The lowest BCUT2D eigenvalue weighted by atomic mass is 10.2. The zero-order valence-corrected chi connectivity index (χ0v) is 11.6. The summed E-state index contributed by atoms with van der Waals surface area (Å²) in [6, 6.07) is 5.24. The number of rotatable bonds is 2. The minimum atomic E-state index is -0.340. The van der Waals surface area contributed by atoms with Crippen molar-refractivity contribution in [3.8, 4) is 0 Å². The molecule has 3 nitrogen and oxygen atoms in total. The molecular formula is C10H8BrNO2S2. The number of aliphatic imine (C=N–C) groups is 1. The zero-order chi connectivity index (χ0) is 11.5. The van der Waals surface area contributed by atoms with Gasteiger partial charge in [0.2, 0.25) is 0 Å². The Bertz CT molecular complexity index is 456. The van der Waals surface area contributed by atoms with Crippen molar-refractivity contribution in [3.63, 3.8) is 0 Å². The first-order valence-electron chi connectivity index (χ1n) is 4.43. The Morgan fingerprint density at radius 2 is 2.25 bits per heavy atom. The summed E-state index contributed by atoms with van der Waals surface area (Å²) in [5.41, 5.74) is 1.36. The number of nitrogens with zero attached hydrogens (tertiary/aromatic N) is 1. The van der Waals surface area contributed by atoms with Gasteiger partial charge in [-0.2, -0.15) is 0 Å². The lowest BCUT2D eigenvalue weighted by Crippen LogP contribution is -2.01. The minimum absolute atomic E-state index is 0.340. The number of carbonyl (C=O) groups is 1. The van der Waals surface area contributed by atoms with Crippen LogP contribution in [0.25, 0.3) is 0 Å². The molecule has 0 atom stereocenters. The highest BCUT2D eigenvalue weighted by Crippen LogP contribution is 2.37. The van der Waals surface area contributed by atoms with Gasteiger partial charge in [0.05, 0.1) is 23.4 Å². The van der Waals surface area contributed by atoms with Gasteiger partial charge in [-0.3, -0.25) is 0 Å². The normalized spacial score (nSPS) is 14.2. The SMILES string of the molecule is COC(=O)c1ccc(N=C2SCS2)c(Br)c1. The Kier molecular flexibility index (Phi) is 3.94. The van der Waals surface area contributed by atoms with E-state index in [0.717, 1.165) is 19.6 Å². The summed E-state index contributed by atoms with van der Waals surface area (Å²) in [6.45, 7) is 0. The number of hydrogen-bond acceptors (Lipinski definition) is 5. The van der Waals surface area contributed by atoms with Crippen molar-refractivity contribution in [3.05, 3.63) is 28.2 Å². The molecule has 0 radical (unpaired) electrons. The first-order valence-corrected chi connectivity index (χ1v) is 7.19. The fourth-order valence-electron chi connectivity index (χ4n) is 1.12. The molecule has 16 heavy (non-hydrogen) atoms. The highest BCUT2D eigenvalue weighted by Gasteiger charge is 2.13. The maximum atomic E-state index is 11.3. The number of methoxy groups -OCH3 is 1. The smallest absolute Gasteiger partial charge is 0.337 e. The van der Waals surface area contributed by atoms with Gasteiger partial charge in [-0.25, -0.2) is 9.79 Å². The van der Waals surface area contributed by atoms with E-state index < -0.39 is 0 Å². The van der Waals surface area contributed by atoms with Crippen LogP contribution in [-0.4, -0.2) is 22.5 Å². The molecule has 0 aromatic heterocycles. The van der Waals surface area contributed by atoms with Crippen LogP contribution in [-0.2, 0) is 4.74 Å². The Morgan fingerprint density at radius 3 is 2.75 bits per heavy atom. The summed E-state index contributed by atoms with van der Waals surface area (Å²) in [7, 11) is 1.37. The van der Waals surface area contributed by atoms with E-state index in [1.54, 1.807) is 35.7 Å². The van der Waals surface area contributed by atoms with Crippen molar-refractivity contribution in [1.29, 1.82) is 0 Å². The van der Waals surface area contributed by atoms with E-state index in [-0.39, 0.29) is 5.97 Å². The van der Waals surface area contributed by atoms with Crippen LogP contribution in [0.3, 0.4) is 0 Å². The number of benzene rings is 1. The third-order valence-electron chi connectivity index (χ3n) is 1.95. The van der Waals surface area contributed by atoms with E-state index in [4.69, 9.17) is 0 Å². The molecular weight excluding hydrogens is 310 g/mol. The van der Waals surface area contributed by atoms with Gasteiger partial charge in [0.25, 0.3) is 0 Å². The van der Waals surface area contributed by atoms with Crippen LogP contribution < -0.4 is 0 Å². The topological polar surface area (TPSA) is 38.7 Å². The molecule has 0 bridgehead atoms. The second-order valence-corrected chi connectivity index (χ2v) is 6.35. The van der Waals surface area contributed by atoms with Gasteiger partial charge >= 0.3 is 5.97 Å². The number of thioether (sulfide) groups is 2. The molecule has 0 saturated carbocycles. The van der Waals surface area contributed by atoms with Crippen molar-refractivity contribution in [2.45, 2.75) is 0 Å². The molecule has 1 fully saturated rings. The van der Waals surface area contributed by atoms with Crippen LogP contribution in [0, 0.1) is 0 Å². The standard InChI is InChI=1S/C10H8BrNO2S2/c1-14-9(13)6-2-3-8(7(11)4-6)12-10-15-5-16-10/h2-4H,5H2,1H3. The third kappa shape index (κ3) is 2.61. The molecule has 1 aromatic rings. The van der Waals surface area contributed by atoms with Gasteiger partial charge in [-0.15, -0.1) is 0 Å². The van der Waals surface area contributed by atoms with Crippen LogP contribution in [0.1, 0.15) is 10.4 Å². The highest BCUT2D eigenvalue weighted by molar-refractivity contribution is 9.10. The van der Waals surface area contributed by atoms with E-state index in [9.17, 15) is 4.79 Å². The van der Waals surface area contributed by atoms with E-state index in [1.807, 2.05) is 6.07 Å². The van der Waals surface area contributed by atoms with E-state index in [0.29, 0.717) is 5.56 Å². The molecule has 84 valence electrons. The van der Waals surface area contributed by atoms with Crippen molar-refractivity contribution >= 4 is 55.5 Å². The summed E-state index contributed by atoms with van der Waals surface area (Å²) in [5, 5.41) is 1.07. The molecule has 1 saturated heterocycles. The molecule has 1 aliphatic rings. The average Bonchev–Trinajstić information content (AvgIpc) is 2.23. The van der Waals surface area contributed by atoms with E-state index in [2.05, 4.69) is 25.7 Å². The summed E-state index contributed by atoms with van der Waals surface area (Å²) < 4.78 is 6.50. The van der Waals surface area contributed by atoms with Gasteiger partial charge in [0.1, 0.15) is 4.38 Å². The average molecular weight is 318 g/mol. The first kappa shape index (κ1) is 12.0. The molecule has 1 aromatic carbocycles. The molecule has 6 heteroatoms. The maximum Gasteiger partial charge on any atom is 0.337 e. The Balaban J connectivity index is 2.26. The van der Waals surface area contributed by atoms with Crippen molar-refractivity contribution in [2.24, 2.45) is 4.99 Å². The van der Waals surface area contributed by atoms with Crippen molar-refractivity contribution < 1.29 is 9.53 Å². The molecule has 0 N–H and O–H groups in total. The number of esters is 1. The lowest BCUT2D eigenvalue weighted by molar-refractivity contribution is 0.0600. The third-order valence-corrected chi connectivity index (χ3v) is 4.91. The van der Waals surface area contributed by atoms with Gasteiger partial charge in [0, 0.05) is 4.47 Å². The van der Waals surface area contributed by atoms with E-state index >= 15 is 0 Å². The molecule has 0 amide bonds. The predicted octanol–water partition coefficient (Wildman–Crippen LogP) is 3.66. The minimum Gasteiger partial charge on any atom is -0.465 e. The summed E-state index contributed by atoms with van der Waals surface area (Å²) in [4.78, 5) is 15.7. The monoisotopic (exact) mass is 317 g/mol. The molecule has 1 aliphatic heterocycles. The maximum absolute atomic E-state index is 11.3. The summed E-state index contributed by atoms with van der Waals surface area (Å²) in [5.74, 6) is -0.340. The summed E-state index contributed by atoms with van der Waals surface area (Å²) >= 11 is 6.84. The second kappa shape index (κ2) is 5.25. The van der Waals surface area contributed by atoms with Gasteiger partial charge < -0.3 is 4.74 Å². The largest absolute Gasteiger partial charge is 0.465 e. The molecule has 2 rings (SSSR count). The second-order valence-electron chi connectivity index (χ2n) is 2.94. The zero-order valence-electron chi connectivity index (χ0n) is 8.40. The number of ether oxygens (including phenoxy) is 1. The Morgan fingerprint density at radius 1 is 1.50 bits per heavy atom. The van der Waals surface area contributed by atoms with Crippen LogP contribution in [0.2, 0.25) is 0 Å². The van der Waals surface area contributed by atoms with Gasteiger partial charge in [-0.1, -0.05) is 23.5 Å². The lowest BCUT2D eigenvalue weighted by Gasteiger charge is -2.13.